The number of amides is 1. The van der Waals surface area contributed by atoms with E-state index in [9.17, 15) is 4.79 Å². The first-order valence-electron chi connectivity index (χ1n) is 9.28. The fourth-order valence-electron chi connectivity index (χ4n) is 3.01. The highest BCUT2D eigenvalue weighted by atomic mass is 32.1. The monoisotopic (exact) mass is 395 g/mol. The van der Waals surface area contributed by atoms with Gasteiger partial charge in [0.2, 0.25) is 5.13 Å². The first-order chi connectivity index (χ1) is 13.8. The lowest BCUT2D eigenvalue weighted by Crippen LogP contribution is -2.17. The lowest BCUT2D eigenvalue weighted by molar-refractivity contribution is 0.0679. The Morgan fingerprint density at radius 3 is 2.89 bits per heavy atom. The van der Waals surface area contributed by atoms with Gasteiger partial charge in [-0.1, -0.05) is 47.7 Å². The van der Waals surface area contributed by atoms with Gasteiger partial charge in [0, 0.05) is 18.6 Å². The molecule has 3 aromatic rings. The molecule has 1 aliphatic rings. The molecule has 0 radical (unpaired) electrons. The fourth-order valence-corrected chi connectivity index (χ4v) is 3.78. The molecule has 1 atom stereocenters. The van der Waals surface area contributed by atoms with Gasteiger partial charge in [0.05, 0.1) is 6.10 Å². The third-order valence-electron chi connectivity index (χ3n) is 4.44. The summed E-state index contributed by atoms with van der Waals surface area (Å²) in [7, 11) is 0. The van der Waals surface area contributed by atoms with Gasteiger partial charge < -0.3 is 9.47 Å². The molecule has 1 N–H and O–H groups in total. The number of aromatic nitrogens is 2. The number of ether oxygens (including phenoxy) is 2. The molecule has 1 fully saturated rings. The minimum absolute atomic E-state index is 0.141. The molecule has 0 spiro atoms. The number of carbonyl (C=O) groups excluding carboxylic acids is 1. The summed E-state index contributed by atoms with van der Waals surface area (Å²) in [6.45, 7) is 1.30. The Hall–Kier alpha value is -2.77. The lowest BCUT2D eigenvalue weighted by atomic mass is 10.2. The third kappa shape index (κ3) is 4.94. The van der Waals surface area contributed by atoms with Crippen LogP contribution < -0.4 is 10.1 Å². The van der Waals surface area contributed by atoms with E-state index in [0.717, 1.165) is 30.0 Å². The number of hydrogen-bond acceptors (Lipinski definition) is 6. The zero-order valence-corrected chi connectivity index (χ0v) is 16.2. The maximum absolute atomic E-state index is 12.5. The van der Waals surface area contributed by atoms with Crippen molar-refractivity contribution in [2.75, 3.05) is 18.5 Å². The molecule has 0 bridgehead atoms. The van der Waals surface area contributed by atoms with Crippen LogP contribution in [0.25, 0.3) is 0 Å². The Bertz CT molecular complexity index is 923. The Balaban J connectivity index is 1.35. The molecule has 1 aliphatic heterocycles. The van der Waals surface area contributed by atoms with Gasteiger partial charge in [-0.05, 0) is 36.6 Å². The highest BCUT2D eigenvalue weighted by molar-refractivity contribution is 7.15. The van der Waals surface area contributed by atoms with Crippen LogP contribution in [0.4, 0.5) is 5.13 Å². The van der Waals surface area contributed by atoms with Gasteiger partial charge in [-0.15, -0.1) is 10.2 Å². The largest absolute Gasteiger partial charge is 0.491 e. The van der Waals surface area contributed by atoms with Crippen LogP contribution in [0.3, 0.4) is 0 Å². The van der Waals surface area contributed by atoms with E-state index in [1.54, 1.807) is 18.2 Å². The first kappa shape index (κ1) is 18.6. The van der Waals surface area contributed by atoms with Gasteiger partial charge in [-0.25, -0.2) is 0 Å². The zero-order valence-electron chi connectivity index (χ0n) is 15.3. The van der Waals surface area contributed by atoms with Crippen molar-refractivity contribution in [3.8, 4) is 5.75 Å². The first-order valence-corrected chi connectivity index (χ1v) is 10.1. The van der Waals surface area contributed by atoms with Gasteiger partial charge in [0.1, 0.15) is 17.4 Å². The molecule has 7 heteroatoms. The van der Waals surface area contributed by atoms with Crippen LogP contribution in [0.15, 0.2) is 54.6 Å². The van der Waals surface area contributed by atoms with Crippen molar-refractivity contribution in [3.05, 3.63) is 70.7 Å². The average Bonchev–Trinajstić information content (AvgIpc) is 3.40. The van der Waals surface area contributed by atoms with Crippen LogP contribution in [0.2, 0.25) is 0 Å². The minimum Gasteiger partial charge on any atom is -0.491 e. The SMILES string of the molecule is O=C(Nc1nnc(Cc2ccccc2)s1)c1cccc(OCC2CCCO2)c1. The van der Waals surface area contributed by atoms with Crippen molar-refractivity contribution in [1.29, 1.82) is 0 Å². The van der Waals surface area contributed by atoms with E-state index in [1.165, 1.54) is 11.3 Å². The predicted octanol–water partition coefficient (Wildman–Crippen LogP) is 3.94. The summed E-state index contributed by atoms with van der Waals surface area (Å²) >= 11 is 1.38. The number of rotatable bonds is 7. The number of nitrogens with one attached hydrogen (secondary N) is 1. The molecule has 28 heavy (non-hydrogen) atoms. The van der Waals surface area contributed by atoms with E-state index in [2.05, 4.69) is 15.5 Å². The predicted molar refractivity (Wildman–Crippen MR) is 108 cm³/mol. The molecule has 4 rings (SSSR count). The molecular formula is C21H21N3O3S. The average molecular weight is 395 g/mol. The van der Waals surface area contributed by atoms with Gasteiger partial charge >= 0.3 is 0 Å². The van der Waals surface area contributed by atoms with E-state index in [-0.39, 0.29) is 12.0 Å². The van der Waals surface area contributed by atoms with Crippen LogP contribution in [-0.4, -0.2) is 35.4 Å². The maximum Gasteiger partial charge on any atom is 0.257 e. The molecule has 144 valence electrons. The summed E-state index contributed by atoms with van der Waals surface area (Å²) in [5, 5.41) is 12.4. The van der Waals surface area contributed by atoms with Crippen LogP contribution in [0, 0.1) is 0 Å². The van der Waals surface area contributed by atoms with Crippen LogP contribution in [-0.2, 0) is 11.2 Å². The van der Waals surface area contributed by atoms with Gasteiger partial charge in [0.25, 0.3) is 5.91 Å². The van der Waals surface area contributed by atoms with E-state index >= 15 is 0 Å². The summed E-state index contributed by atoms with van der Waals surface area (Å²) in [5.41, 5.74) is 1.68. The second-order valence-electron chi connectivity index (χ2n) is 6.59. The molecule has 0 aliphatic carbocycles. The molecular weight excluding hydrogens is 374 g/mol. The van der Waals surface area contributed by atoms with Gasteiger partial charge in [0.15, 0.2) is 0 Å². The second kappa shape index (κ2) is 8.95. The highest BCUT2D eigenvalue weighted by Gasteiger charge is 2.16. The quantitative estimate of drug-likeness (QED) is 0.656. The van der Waals surface area contributed by atoms with Crippen LogP contribution in [0.5, 0.6) is 5.75 Å². The summed E-state index contributed by atoms with van der Waals surface area (Å²) in [6.07, 6.45) is 2.93. The second-order valence-corrected chi connectivity index (χ2v) is 7.65. The summed E-state index contributed by atoms with van der Waals surface area (Å²) in [5.74, 6) is 0.426. The van der Waals surface area contributed by atoms with Crippen LogP contribution in [0.1, 0.15) is 33.8 Å². The number of nitrogens with zero attached hydrogens (tertiary/aromatic N) is 2. The van der Waals surface area contributed by atoms with Crippen molar-refractivity contribution >= 4 is 22.4 Å². The highest BCUT2D eigenvalue weighted by Crippen LogP contribution is 2.21. The van der Waals surface area contributed by atoms with E-state index < -0.39 is 0 Å². The van der Waals surface area contributed by atoms with Crippen molar-refractivity contribution in [3.63, 3.8) is 0 Å². The topological polar surface area (TPSA) is 73.3 Å². The minimum atomic E-state index is -0.232. The smallest absolute Gasteiger partial charge is 0.257 e. The molecule has 1 saturated heterocycles. The van der Waals surface area contributed by atoms with Gasteiger partial charge in [-0.2, -0.15) is 0 Å². The number of carbonyl (C=O) groups is 1. The number of benzene rings is 2. The fraction of sp³-hybridized carbons (Fsp3) is 0.286. The Labute approximate surface area is 167 Å². The van der Waals surface area contributed by atoms with Crippen molar-refractivity contribution in [1.82, 2.24) is 10.2 Å². The Morgan fingerprint density at radius 1 is 1.18 bits per heavy atom. The zero-order chi connectivity index (χ0) is 19.2. The van der Waals surface area contributed by atoms with E-state index in [1.807, 2.05) is 36.4 Å². The van der Waals surface area contributed by atoms with E-state index in [4.69, 9.17) is 9.47 Å². The lowest BCUT2D eigenvalue weighted by Gasteiger charge is -2.12. The Kier molecular flexibility index (Phi) is 5.94. The molecule has 2 heterocycles. The number of hydrogen-bond donors (Lipinski definition) is 1. The molecule has 6 nitrogen and oxygen atoms in total. The molecule has 1 aromatic heterocycles. The third-order valence-corrected chi connectivity index (χ3v) is 5.28. The molecule has 0 saturated carbocycles. The Morgan fingerprint density at radius 2 is 2.07 bits per heavy atom. The summed E-state index contributed by atoms with van der Waals surface area (Å²) < 4.78 is 11.3. The van der Waals surface area contributed by atoms with Crippen LogP contribution >= 0.6 is 11.3 Å². The van der Waals surface area contributed by atoms with Crippen molar-refractivity contribution in [2.24, 2.45) is 0 Å². The standard InChI is InChI=1S/C21H21N3O3S/c25-20(16-8-4-9-17(13-16)27-14-18-10-5-11-26-18)22-21-24-23-19(28-21)12-15-6-2-1-3-7-15/h1-4,6-9,13,18H,5,10-12,14H2,(H,22,24,25). The normalized spacial score (nSPS) is 16.1. The van der Waals surface area contributed by atoms with E-state index in [0.29, 0.717) is 29.5 Å². The molecule has 1 unspecified atom stereocenters. The van der Waals surface area contributed by atoms with Gasteiger partial charge in [-0.3, -0.25) is 10.1 Å². The molecule has 2 aromatic carbocycles. The molecule has 1 amide bonds. The summed E-state index contributed by atoms with van der Waals surface area (Å²) in [4.78, 5) is 12.5. The van der Waals surface area contributed by atoms with Crippen molar-refractivity contribution < 1.29 is 14.3 Å². The summed E-state index contributed by atoms with van der Waals surface area (Å²) in [6, 6.07) is 17.2. The maximum atomic E-state index is 12.5. The van der Waals surface area contributed by atoms with Crippen molar-refractivity contribution in [2.45, 2.75) is 25.4 Å². The number of anilines is 1.